The Morgan fingerprint density at radius 2 is 1.77 bits per heavy atom. The second-order valence-electron chi connectivity index (χ2n) is 6.29. The van der Waals surface area contributed by atoms with Crippen LogP contribution in [0.4, 0.5) is 4.39 Å². The average Bonchev–Trinajstić information content (AvgIpc) is 2.61. The Morgan fingerprint density at radius 3 is 2.27 bits per heavy atom. The maximum Gasteiger partial charge on any atom is 0.525 e. The highest BCUT2D eigenvalue weighted by Gasteiger charge is 2.53. The van der Waals surface area contributed by atoms with E-state index in [1.165, 1.54) is 6.07 Å². The van der Waals surface area contributed by atoms with E-state index in [1.54, 1.807) is 0 Å². The Morgan fingerprint density at radius 1 is 1.23 bits per heavy atom. The molecule has 0 aromatic heterocycles. The second kappa shape index (κ2) is 5.76. The number of phenols is 2. The molecule has 0 spiro atoms. The Hall–Kier alpha value is -1.24. The van der Waals surface area contributed by atoms with Crippen molar-refractivity contribution >= 4 is 24.8 Å². The maximum atomic E-state index is 14.5. The molecule has 0 bridgehead atoms. The zero-order valence-corrected chi connectivity index (χ0v) is 13.7. The highest BCUT2D eigenvalue weighted by molar-refractivity contribution is 6.54. The quantitative estimate of drug-likeness (QED) is 0.655. The van der Waals surface area contributed by atoms with Crippen LogP contribution in [0.2, 0.25) is 0 Å². The molecule has 0 aliphatic carbocycles. The Balaban J connectivity index is 2.35. The molecule has 2 N–H and O–H groups in total. The molecule has 2 rings (SSSR count). The van der Waals surface area contributed by atoms with Gasteiger partial charge in [0.15, 0.2) is 0 Å². The zero-order valence-electron chi connectivity index (χ0n) is 13.0. The van der Waals surface area contributed by atoms with Crippen molar-refractivity contribution in [2.75, 3.05) is 0 Å². The summed E-state index contributed by atoms with van der Waals surface area (Å²) in [6.07, 6.45) is 1.12. The SMILES string of the molecule is CC1(C)OB(C(F)=Cc2c(O)cc(O)cc2CCl)OC1(C)C. The van der Waals surface area contributed by atoms with Gasteiger partial charge in [0, 0.05) is 17.5 Å². The van der Waals surface area contributed by atoms with E-state index in [9.17, 15) is 14.6 Å². The molecule has 0 radical (unpaired) electrons. The molecule has 1 aromatic rings. The summed E-state index contributed by atoms with van der Waals surface area (Å²) < 4.78 is 25.7. The van der Waals surface area contributed by atoms with Crippen LogP contribution in [0.15, 0.2) is 17.9 Å². The predicted molar refractivity (Wildman–Crippen MR) is 84.5 cm³/mol. The zero-order chi connectivity index (χ0) is 16.7. The van der Waals surface area contributed by atoms with E-state index < -0.39 is 24.0 Å². The number of hydrogen-bond acceptors (Lipinski definition) is 4. The van der Waals surface area contributed by atoms with Crippen molar-refractivity contribution in [2.24, 2.45) is 0 Å². The first-order valence-corrected chi connectivity index (χ1v) is 7.44. The molecule has 120 valence electrons. The van der Waals surface area contributed by atoms with Crippen molar-refractivity contribution < 1.29 is 23.9 Å². The summed E-state index contributed by atoms with van der Waals surface area (Å²) in [7, 11) is -1.15. The average molecular weight is 329 g/mol. The summed E-state index contributed by atoms with van der Waals surface area (Å²) in [5, 5.41) is 19.3. The number of benzene rings is 1. The van der Waals surface area contributed by atoms with Gasteiger partial charge >= 0.3 is 7.12 Å². The second-order valence-corrected chi connectivity index (χ2v) is 6.56. The molecule has 0 saturated carbocycles. The third kappa shape index (κ3) is 3.09. The van der Waals surface area contributed by atoms with E-state index in [4.69, 9.17) is 20.9 Å². The van der Waals surface area contributed by atoms with Crippen LogP contribution in [0.5, 0.6) is 11.5 Å². The van der Waals surface area contributed by atoms with Gasteiger partial charge in [0.1, 0.15) is 17.2 Å². The van der Waals surface area contributed by atoms with E-state index >= 15 is 0 Å². The predicted octanol–water partition coefficient (Wildman–Crippen LogP) is 3.78. The monoisotopic (exact) mass is 328 g/mol. The molecule has 0 atom stereocenters. The van der Waals surface area contributed by atoms with Gasteiger partial charge in [-0.2, -0.15) is 0 Å². The normalized spacial score (nSPS) is 20.5. The van der Waals surface area contributed by atoms with Crippen LogP contribution in [0.1, 0.15) is 38.8 Å². The van der Waals surface area contributed by atoms with Crippen LogP contribution in [0, 0.1) is 0 Å². The summed E-state index contributed by atoms with van der Waals surface area (Å²) >= 11 is 5.77. The minimum atomic E-state index is -1.15. The summed E-state index contributed by atoms with van der Waals surface area (Å²) in [5.74, 6) is -0.381. The van der Waals surface area contributed by atoms with E-state index in [0.29, 0.717) is 5.56 Å². The smallest absolute Gasteiger partial charge is 0.508 e. The lowest BCUT2D eigenvalue weighted by molar-refractivity contribution is 0.00578. The first-order chi connectivity index (χ1) is 10.1. The minimum absolute atomic E-state index is 0.0183. The third-order valence-corrected chi connectivity index (χ3v) is 4.42. The van der Waals surface area contributed by atoms with Crippen LogP contribution in [0.25, 0.3) is 6.08 Å². The van der Waals surface area contributed by atoms with Gasteiger partial charge in [0.05, 0.1) is 11.2 Å². The highest BCUT2D eigenvalue weighted by Crippen LogP contribution is 2.40. The first-order valence-electron chi connectivity index (χ1n) is 6.91. The van der Waals surface area contributed by atoms with Crippen molar-refractivity contribution in [3.8, 4) is 11.5 Å². The third-order valence-electron chi connectivity index (χ3n) is 4.13. The summed E-state index contributed by atoms with van der Waals surface area (Å²) in [6, 6.07) is 2.50. The molecular weight excluding hydrogens is 309 g/mol. The molecular formula is C15H19BClFO4. The molecule has 1 fully saturated rings. The molecule has 1 aliphatic rings. The molecule has 22 heavy (non-hydrogen) atoms. The number of alkyl halides is 1. The Bertz CT molecular complexity index is 600. The Labute approximate surface area is 134 Å². The van der Waals surface area contributed by atoms with Gasteiger partial charge in [-0.15, -0.1) is 11.6 Å². The van der Waals surface area contributed by atoms with E-state index in [-0.39, 0.29) is 22.9 Å². The van der Waals surface area contributed by atoms with Crippen molar-refractivity contribution in [1.29, 1.82) is 0 Å². The fraction of sp³-hybridized carbons (Fsp3) is 0.467. The van der Waals surface area contributed by atoms with Crippen molar-refractivity contribution in [2.45, 2.75) is 44.8 Å². The van der Waals surface area contributed by atoms with Crippen molar-refractivity contribution in [1.82, 2.24) is 0 Å². The van der Waals surface area contributed by atoms with Gasteiger partial charge in [-0.1, -0.05) is 0 Å². The summed E-state index contributed by atoms with van der Waals surface area (Å²) in [5.41, 5.74) is -1.39. The number of halogens is 2. The lowest BCUT2D eigenvalue weighted by Crippen LogP contribution is -2.41. The van der Waals surface area contributed by atoms with Gasteiger partial charge in [0.2, 0.25) is 0 Å². The Kier molecular flexibility index (Phi) is 4.48. The fourth-order valence-electron chi connectivity index (χ4n) is 2.12. The standard InChI is InChI=1S/C15H19BClFO4/c1-14(2)15(3,4)22-16(21-14)13(18)7-11-9(8-17)5-10(19)6-12(11)20/h5-7,19-20H,8H2,1-4H3. The van der Waals surface area contributed by atoms with Crippen LogP contribution in [-0.4, -0.2) is 28.5 Å². The lowest BCUT2D eigenvalue weighted by atomic mass is 9.86. The van der Waals surface area contributed by atoms with Gasteiger partial charge in [0.25, 0.3) is 0 Å². The molecule has 1 saturated heterocycles. The molecule has 1 aromatic carbocycles. The number of phenolic OH excluding ortho intramolecular Hbond substituents is 2. The molecule has 1 aliphatic heterocycles. The first kappa shape index (κ1) is 17.1. The molecule has 0 unspecified atom stereocenters. The van der Waals surface area contributed by atoms with Crippen molar-refractivity contribution in [3.63, 3.8) is 0 Å². The molecule has 4 nitrogen and oxygen atoms in total. The van der Waals surface area contributed by atoms with Crippen LogP contribution in [0.3, 0.4) is 0 Å². The molecule has 1 heterocycles. The van der Waals surface area contributed by atoms with E-state index in [2.05, 4.69) is 0 Å². The van der Waals surface area contributed by atoms with Crippen LogP contribution in [-0.2, 0) is 15.2 Å². The summed E-state index contributed by atoms with van der Waals surface area (Å²) in [4.78, 5) is 0. The lowest BCUT2D eigenvalue weighted by Gasteiger charge is -2.32. The maximum absolute atomic E-state index is 14.5. The van der Waals surface area contributed by atoms with Gasteiger partial charge in [-0.3, -0.25) is 0 Å². The van der Waals surface area contributed by atoms with Crippen LogP contribution < -0.4 is 0 Å². The molecule has 7 heteroatoms. The minimum Gasteiger partial charge on any atom is -0.508 e. The van der Waals surface area contributed by atoms with Crippen molar-refractivity contribution in [3.05, 3.63) is 29.0 Å². The topological polar surface area (TPSA) is 58.9 Å². The van der Waals surface area contributed by atoms with Gasteiger partial charge in [-0.05, 0) is 45.4 Å². The highest BCUT2D eigenvalue weighted by atomic mass is 35.5. The number of hydrogen-bond donors (Lipinski definition) is 2. The van der Waals surface area contributed by atoms with Gasteiger partial charge < -0.3 is 19.5 Å². The van der Waals surface area contributed by atoms with Gasteiger partial charge in [-0.25, -0.2) is 4.39 Å². The largest absolute Gasteiger partial charge is 0.525 e. The number of aromatic hydroxyl groups is 2. The number of rotatable bonds is 3. The van der Waals surface area contributed by atoms with E-state index in [1.807, 2.05) is 27.7 Å². The molecule has 0 amide bonds. The van der Waals surface area contributed by atoms with Crippen LogP contribution >= 0.6 is 11.6 Å². The fourth-order valence-corrected chi connectivity index (χ4v) is 2.34. The van der Waals surface area contributed by atoms with E-state index in [0.717, 1.165) is 12.1 Å². The summed E-state index contributed by atoms with van der Waals surface area (Å²) in [6.45, 7) is 7.29.